The summed E-state index contributed by atoms with van der Waals surface area (Å²) in [5, 5.41) is 0. The lowest BCUT2D eigenvalue weighted by molar-refractivity contribution is 0.0822. The predicted octanol–water partition coefficient (Wildman–Crippen LogP) is 1.45. The van der Waals surface area contributed by atoms with Gasteiger partial charge in [-0.25, -0.2) is 0 Å². The zero-order valence-electron chi connectivity index (χ0n) is 6.52. The highest BCUT2D eigenvalue weighted by Gasteiger charge is 2.12. The average Bonchev–Trinajstić information content (AvgIpc) is 2.43. The predicted molar refractivity (Wildman–Crippen MR) is 37.6 cm³/mol. The molecule has 0 aromatic rings. The van der Waals surface area contributed by atoms with E-state index in [-0.39, 0.29) is 0 Å². The van der Waals surface area contributed by atoms with Gasteiger partial charge in [0.25, 0.3) is 0 Å². The van der Waals surface area contributed by atoms with Crippen LogP contribution in [0.2, 0.25) is 0 Å². The minimum absolute atomic E-state index is 0.375. The molecule has 0 bridgehead atoms. The number of hydrogen-bond donors (Lipinski definition) is 0. The van der Waals surface area contributed by atoms with Crippen LogP contribution < -0.4 is 0 Å². The molecule has 2 nitrogen and oxygen atoms in total. The lowest BCUT2D eigenvalue weighted by atomic mass is 10.3. The molecule has 1 saturated heterocycles. The van der Waals surface area contributed by atoms with Crippen LogP contribution in [-0.2, 0) is 9.47 Å². The molecule has 1 aliphatic heterocycles. The maximum absolute atomic E-state index is 5.02. The SMILES string of the molecule is CC.COC1CCOC1. The van der Waals surface area contributed by atoms with Crippen molar-refractivity contribution >= 4 is 0 Å². The molecule has 0 radical (unpaired) electrons. The third kappa shape index (κ3) is 3.49. The van der Waals surface area contributed by atoms with E-state index in [0.29, 0.717) is 6.10 Å². The zero-order chi connectivity index (χ0) is 7.11. The Hall–Kier alpha value is -0.0800. The van der Waals surface area contributed by atoms with Gasteiger partial charge < -0.3 is 9.47 Å². The zero-order valence-corrected chi connectivity index (χ0v) is 6.52. The number of ether oxygens (including phenoxy) is 2. The van der Waals surface area contributed by atoms with Crippen LogP contribution in [0.3, 0.4) is 0 Å². The first-order chi connectivity index (χ1) is 4.43. The van der Waals surface area contributed by atoms with E-state index in [9.17, 15) is 0 Å². The van der Waals surface area contributed by atoms with E-state index in [0.717, 1.165) is 19.6 Å². The van der Waals surface area contributed by atoms with E-state index in [1.165, 1.54) is 0 Å². The summed E-state index contributed by atoms with van der Waals surface area (Å²) in [7, 11) is 1.72. The Morgan fingerprint density at radius 3 is 2.33 bits per heavy atom. The third-order valence-corrected chi connectivity index (χ3v) is 1.22. The fourth-order valence-electron chi connectivity index (χ4n) is 0.699. The lowest BCUT2D eigenvalue weighted by Crippen LogP contribution is -2.07. The fourth-order valence-corrected chi connectivity index (χ4v) is 0.699. The summed E-state index contributed by atoms with van der Waals surface area (Å²) in [6.07, 6.45) is 1.44. The monoisotopic (exact) mass is 132 g/mol. The Morgan fingerprint density at radius 1 is 1.44 bits per heavy atom. The van der Waals surface area contributed by atoms with Crippen LogP contribution in [-0.4, -0.2) is 26.4 Å². The lowest BCUT2D eigenvalue weighted by Gasteiger charge is -2.00. The number of hydrogen-bond acceptors (Lipinski definition) is 2. The van der Waals surface area contributed by atoms with E-state index in [2.05, 4.69) is 0 Å². The molecule has 0 aromatic carbocycles. The van der Waals surface area contributed by atoms with E-state index in [1.807, 2.05) is 13.8 Å². The summed E-state index contributed by atoms with van der Waals surface area (Å²) in [4.78, 5) is 0. The van der Waals surface area contributed by atoms with Gasteiger partial charge in [0.1, 0.15) is 0 Å². The van der Waals surface area contributed by atoms with Crippen LogP contribution >= 0.6 is 0 Å². The molecule has 1 atom stereocenters. The first kappa shape index (κ1) is 8.92. The Balaban J connectivity index is 0.000000291. The molecule has 0 amide bonds. The van der Waals surface area contributed by atoms with E-state index in [1.54, 1.807) is 7.11 Å². The van der Waals surface area contributed by atoms with E-state index in [4.69, 9.17) is 9.47 Å². The van der Waals surface area contributed by atoms with Crippen molar-refractivity contribution in [3.63, 3.8) is 0 Å². The highest BCUT2D eigenvalue weighted by Crippen LogP contribution is 2.05. The quantitative estimate of drug-likeness (QED) is 0.537. The van der Waals surface area contributed by atoms with Crippen LogP contribution in [0.4, 0.5) is 0 Å². The van der Waals surface area contributed by atoms with Crippen LogP contribution in [0.5, 0.6) is 0 Å². The molecule has 1 unspecified atom stereocenters. The summed E-state index contributed by atoms with van der Waals surface area (Å²) in [5.74, 6) is 0. The minimum atomic E-state index is 0.375. The number of rotatable bonds is 1. The molecule has 1 fully saturated rings. The molecule has 9 heavy (non-hydrogen) atoms. The van der Waals surface area contributed by atoms with Gasteiger partial charge in [0, 0.05) is 13.7 Å². The standard InChI is InChI=1S/C5H10O2.C2H6/c1-6-5-2-3-7-4-5;1-2/h5H,2-4H2,1H3;1-2H3. The molecule has 56 valence electrons. The van der Waals surface area contributed by atoms with Gasteiger partial charge >= 0.3 is 0 Å². The first-order valence-electron chi connectivity index (χ1n) is 3.54. The number of methoxy groups -OCH3 is 1. The Labute approximate surface area is 57.2 Å². The molecular formula is C7H16O2. The van der Waals surface area contributed by atoms with Crippen LogP contribution in [0, 0.1) is 0 Å². The Kier molecular flexibility index (Phi) is 5.99. The molecular weight excluding hydrogens is 116 g/mol. The smallest absolute Gasteiger partial charge is 0.0826 e. The molecule has 1 rings (SSSR count). The molecule has 0 N–H and O–H groups in total. The van der Waals surface area contributed by atoms with Crippen molar-refractivity contribution in [3.8, 4) is 0 Å². The van der Waals surface area contributed by atoms with Crippen LogP contribution in [0.25, 0.3) is 0 Å². The summed E-state index contributed by atoms with van der Waals surface area (Å²) < 4.78 is 10.0. The Morgan fingerprint density at radius 2 is 2.11 bits per heavy atom. The van der Waals surface area contributed by atoms with Crippen molar-refractivity contribution in [2.24, 2.45) is 0 Å². The second kappa shape index (κ2) is 6.05. The first-order valence-corrected chi connectivity index (χ1v) is 3.54. The van der Waals surface area contributed by atoms with Crippen molar-refractivity contribution in [1.29, 1.82) is 0 Å². The van der Waals surface area contributed by atoms with Gasteiger partial charge in [0.15, 0.2) is 0 Å². The topological polar surface area (TPSA) is 18.5 Å². The van der Waals surface area contributed by atoms with Crippen LogP contribution in [0.1, 0.15) is 20.3 Å². The molecule has 1 heterocycles. The van der Waals surface area contributed by atoms with E-state index >= 15 is 0 Å². The molecule has 0 saturated carbocycles. The van der Waals surface area contributed by atoms with Crippen molar-refractivity contribution in [2.75, 3.05) is 20.3 Å². The van der Waals surface area contributed by atoms with Crippen molar-refractivity contribution in [3.05, 3.63) is 0 Å². The van der Waals surface area contributed by atoms with Crippen molar-refractivity contribution in [1.82, 2.24) is 0 Å². The molecule has 2 heteroatoms. The maximum atomic E-state index is 5.02. The van der Waals surface area contributed by atoms with Crippen molar-refractivity contribution in [2.45, 2.75) is 26.4 Å². The van der Waals surface area contributed by atoms with E-state index < -0.39 is 0 Å². The second-order valence-corrected chi connectivity index (χ2v) is 1.72. The third-order valence-electron chi connectivity index (χ3n) is 1.22. The normalized spacial score (nSPS) is 25.0. The van der Waals surface area contributed by atoms with Gasteiger partial charge in [-0.05, 0) is 6.42 Å². The average molecular weight is 132 g/mol. The van der Waals surface area contributed by atoms with Gasteiger partial charge in [-0.3, -0.25) is 0 Å². The summed E-state index contributed by atoms with van der Waals surface area (Å²) in [6.45, 7) is 5.66. The van der Waals surface area contributed by atoms with Gasteiger partial charge in [-0.1, -0.05) is 13.8 Å². The molecule has 0 spiro atoms. The van der Waals surface area contributed by atoms with Crippen LogP contribution in [0.15, 0.2) is 0 Å². The largest absolute Gasteiger partial charge is 0.379 e. The molecule has 0 aliphatic carbocycles. The van der Waals surface area contributed by atoms with Gasteiger partial charge in [0.05, 0.1) is 12.7 Å². The van der Waals surface area contributed by atoms with Gasteiger partial charge in [-0.15, -0.1) is 0 Å². The summed E-state index contributed by atoms with van der Waals surface area (Å²) >= 11 is 0. The second-order valence-electron chi connectivity index (χ2n) is 1.72. The van der Waals surface area contributed by atoms with Gasteiger partial charge in [-0.2, -0.15) is 0 Å². The summed E-state index contributed by atoms with van der Waals surface area (Å²) in [5.41, 5.74) is 0. The van der Waals surface area contributed by atoms with Crippen molar-refractivity contribution < 1.29 is 9.47 Å². The fraction of sp³-hybridized carbons (Fsp3) is 1.00. The molecule has 0 aromatic heterocycles. The minimum Gasteiger partial charge on any atom is -0.379 e. The Bertz CT molecular complexity index is 48.9. The highest BCUT2D eigenvalue weighted by atomic mass is 16.5. The maximum Gasteiger partial charge on any atom is 0.0826 e. The van der Waals surface area contributed by atoms with Gasteiger partial charge in [0.2, 0.25) is 0 Å². The highest BCUT2D eigenvalue weighted by molar-refractivity contribution is 4.60. The molecule has 1 aliphatic rings. The summed E-state index contributed by atoms with van der Waals surface area (Å²) in [6, 6.07) is 0.